The Kier molecular flexibility index (Phi) is 5.30. The van der Waals surface area contributed by atoms with E-state index in [1.54, 1.807) is 6.07 Å². The van der Waals surface area contributed by atoms with Crippen LogP contribution < -0.4 is 0 Å². The molecule has 2 aromatic carbocycles. The number of benzene rings is 2. The lowest BCUT2D eigenvalue weighted by molar-refractivity contribution is -0.139. The molecule has 0 nitrogen and oxygen atoms in total. The summed E-state index contributed by atoms with van der Waals surface area (Å²) in [6, 6.07) is 6.00. The van der Waals surface area contributed by atoms with Gasteiger partial charge in [-0.05, 0) is 42.2 Å². The fourth-order valence-electron chi connectivity index (χ4n) is 2.33. The molecule has 0 radical (unpaired) electrons. The molecule has 0 atom stereocenters. The third kappa shape index (κ3) is 4.02. The molecule has 0 aliphatic rings. The number of rotatable bonds is 4. The largest absolute Gasteiger partial charge is 0.420 e. The Balaban J connectivity index is 2.43. The van der Waals surface area contributed by atoms with Crippen molar-refractivity contribution in [1.29, 1.82) is 0 Å². The molecular formula is C17H14ClF5. The standard InChI is InChI=1S/C17H14ClF5/c1-2-3-4-10-5-6-12(14(19)7-10)11-8-13(18)16(15(20)9-11)17(21,22)23/h5-9H,2-4H2,1H3. The van der Waals surface area contributed by atoms with Gasteiger partial charge < -0.3 is 0 Å². The van der Waals surface area contributed by atoms with Crippen molar-refractivity contribution >= 4 is 11.6 Å². The molecule has 0 unspecified atom stereocenters. The van der Waals surface area contributed by atoms with Crippen LogP contribution in [0.3, 0.4) is 0 Å². The predicted molar refractivity (Wildman–Crippen MR) is 80.4 cm³/mol. The molecule has 2 rings (SSSR count). The van der Waals surface area contributed by atoms with Gasteiger partial charge in [-0.1, -0.05) is 37.1 Å². The van der Waals surface area contributed by atoms with Crippen molar-refractivity contribution in [3.8, 4) is 11.1 Å². The molecule has 0 saturated heterocycles. The quantitative estimate of drug-likeness (QED) is 0.543. The topological polar surface area (TPSA) is 0 Å². The van der Waals surface area contributed by atoms with Crippen molar-refractivity contribution in [2.45, 2.75) is 32.4 Å². The molecule has 0 fully saturated rings. The Morgan fingerprint density at radius 2 is 1.70 bits per heavy atom. The summed E-state index contributed by atoms with van der Waals surface area (Å²) in [6.45, 7) is 2.01. The van der Waals surface area contributed by atoms with Crippen molar-refractivity contribution in [2.75, 3.05) is 0 Å². The fourth-order valence-corrected chi connectivity index (χ4v) is 2.64. The van der Waals surface area contributed by atoms with Crippen LogP contribution >= 0.6 is 11.6 Å². The van der Waals surface area contributed by atoms with Crippen LogP contribution in [0.4, 0.5) is 22.0 Å². The summed E-state index contributed by atoms with van der Waals surface area (Å²) in [6.07, 6.45) is -2.33. The van der Waals surface area contributed by atoms with Crippen molar-refractivity contribution in [3.63, 3.8) is 0 Å². The summed E-state index contributed by atoms with van der Waals surface area (Å²) >= 11 is 5.54. The first kappa shape index (κ1) is 17.7. The third-order valence-corrected chi connectivity index (χ3v) is 3.79. The van der Waals surface area contributed by atoms with Gasteiger partial charge in [-0.3, -0.25) is 0 Å². The van der Waals surface area contributed by atoms with Gasteiger partial charge in [0.2, 0.25) is 0 Å². The molecule has 23 heavy (non-hydrogen) atoms. The van der Waals surface area contributed by atoms with Gasteiger partial charge in [0.25, 0.3) is 0 Å². The molecule has 2 aromatic rings. The average Bonchev–Trinajstić information content (AvgIpc) is 2.42. The molecule has 0 aliphatic heterocycles. The van der Waals surface area contributed by atoms with Crippen molar-refractivity contribution in [2.24, 2.45) is 0 Å². The monoisotopic (exact) mass is 348 g/mol. The number of hydrogen-bond donors (Lipinski definition) is 0. The summed E-state index contributed by atoms with van der Waals surface area (Å²) in [7, 11) is 0. The minimum absolute atomic E-state index is 0.0137. The van der Waals surface area contributed by atoms with Crippen LogP contribution in [0.15, 0.2) is 30.3 Å². The van der Waals surface area contributed by atoms with E-state index in [0.29, 0.717) is 12.5 Å². The zero-order valence-electron chi connectivity index (χ0n) is 12.3. The smallest absolute Gasteiger partial charge is 0.206 e. The van der Waals surface area contributed by atoms with Crippen LogP contribution in [0.25, 0.3) is 11.1 Å². The highest BCUT2D eigenvalue weighted by atomic mass is 35.5. The van der Waals surface area contributed by atoms with Gasteiger partial charge in [0.15, 0.2) is 0 Å². The van der Waals surface area contributed by atoms with Crippen LogP contribution in [0.5, 0.6) is 0 Å². The van der Waals surface area contributed by atoms with Gasteiger partial charge >= 0.3 is 6.18 Å². The number of unbranched alkanes of at least 4 members (excludes halogenated alkanes) is 1. The Morgan fingerprint density at radius 1 is 1.00 bits per heavy atom. The zero-order chi connectivity index (χ0) is 17.2. The molecule has 0 spiro atoms. The van der Waals surface area contributed by atoms with Gasteiger partial charge in [-0.15, -0.1) is 0 Å². The second kappa shape index (κ2) is 6.87. The van der Waals surface area contributed by atoms with Gasteiger partial charge in [-0.25, -0.2) is 8.78 Å². The van der Waals surface area contributed by atoms with E-state index >= 15 is 0 Å². The Labute approximate surface area is 135 Å². The number of aryl methyl sites for hydroxylation is 1. The van der Waals surface area contributed by atoms with Gasteiger partial charge in [0.1, 0.15) is 17.2 Å². The maximum absolute atomic E-state index is 14.2. The number of alkyl halides is 3. The fraction of sp³-hybridized carbons (Fsp3) is 0.294. The third-order valence-electron chi connectivity index (χ3n) is 3.49. The van der Waals surface area contributed by atoms with Crippen LogP contribution in [0, 0.1) is 11.6 Å². The first-order valence-electron chi connectivity index (χ1n) is 7.09. The minimum atomic E-state index is -4.90. The Morgan fingerprint density at radius 3 is 2.22 bits per heavy atom. The highest BCUT2D eigenvalue weighted by Crippen LogP contribution is 2.39. The Bertz CT molecular complexity index is 684. The van der Waals surface area contributed by atoms with E-state index in [1.165, 1.54) is 12.1 Å². The van der Waals surface area contributed by atoms with Crippen LogP contribution in [0.1, 0.15) is 30.9 Å². The number of hydrogen-bond acceptors (Lipinski definition) is 0. The predicted octanol–water partition coefficient (Wildman–Crippen LogP) is 6.65. The molecule has 0 amide bonds. The van der Waals surface area contributed by atoms with E-state index in [9.17, 15) is 22.0 Å². The van der Waals surface area contributed by atoms with E-state index in [4.69, 9.17) is 11.6 Å². The molecule has 0 aliphatic carbocycles. The lowest BCUT2D eigenvalue weighted by Crippen LogP contribution is -2.09. The molecule has 0 heterocycles. The van der Waals surface area contributed by atoms with E-state index in [1.807, 2.05) is 6.92 Å². The molecule has 6 heteroatoms. The second-order valence-electron chi connectivity index (χ2n) is 5.23. The summed E-state index contributed by atoms with van der Waals surface area (Å²) in [4.78, 5) is 0. The van der Waals surface area contributed by atoms with Crippen molar-refractivity contribution in [3.05, 3.63) is 58.1 Å². The maximum atomic E-state index is 14.2. The Hall–Kier alpha value is -1.62. The SMILES string of the molecule is CCCCc1ccc(-c2cc(F)c(C(F)(F)F)c(Cl)c2)c(F)c1. The van der Waals surface area contributed by atoms with Crippen molar-refractivity contribution < 1.29 is 22.0 Å². The average molecular weight is 349 g/mol. The molecule has 0 aromatic heterocycles. The zero-order valence-corrected chi connectivity index (χ0v) is 13.0. The van der Waals surface area contributed by atoms with E-state index in [-0.39, 0.29) is 11.1 Å². The van der Waals surface area contributed by atoms with Crippen LogP contribution in [-0.2, 0) is 12.6 Å². The molecule has 0 bridgehead atoms. The summed E-state index contributed by atoms with van der Waals surface area (Å²) < 4.78 is 66.0. The summed E-state index contributed by atoms with van der Waals surface area (Å²) in [5.74, 6) is -2.14. The van der Waals surface area contributed by atoms with E-state index in [2.05, 4.69) is 0 Å². The highest BCUT2D eigenvalue weighted by molar-refractivity contribution is 6.31. The number of halogens is 6. The highest BCUT2D eigenvalue weighted by Gasteiger charge is 2.37. The van der Waals surface area contributed by atoms with Gasteiger partial charge in [0, 0.05) is 5.56 Å². The normalized spacial score (nSPS) is 11.8. The van der Waals surface area contributed by atoms with Gasteiger partial charge in [-0.2, -0.15) is 13.2 Å². The minimum Gasteiger partial charge on any atom is -0.206 e. The van der Waals surface area contributed by atoms with Gasteiger partial charge in [0.05, 0.1) is 5.02 Å². The lowest BCUT2D eigenvalue weighted by atomic mass is 9.99. The molecule has 124 valence electrons. The summed E-state index contributed by atoms with van der Waals surface area (Å²) in [5.41, 5.74) is -0.769. The van der Waals surface area contributed by atoms with Crippen LogP contribution in [0.2, 0.25) is 5.02 Å². The molecule has 0 saturated carbocycles. The van der Waals surface area contributed by atoms with Crippen LogP contribution in [-0.4, -0.2) is 0 Å². The van der Waals surface area contributed by atoms with E-state index < -0.39 is 28.4 Å². The lowest BCUT2D eigenvalue weighted by Gasteiger charge is -2.13. The first-order valence-corrected chi connectivity index (χ1v) is 7.47. The maximum Gasteiger partial charge on any atom is 0.420 e. The summed E-state index contributed by atoms with van der Waals surface area (Å²) in [5, 5.41) is -0.790. The van der Waals surface area contributed by atoms with E-state index in [0.717, 1.165) is 24.5 Å². The molecule has 0 N–H and O–H groups in total. The van der Waals surface area contributed by atoms with Crippen molar-refractivity contribution in [1.82, 2.24) is 0 Å². The first-order chi connectivity index (χ1) is 10.7. The second-order valence-corrected chi connectivity index (χ2v) is 5.64. The molecular weight excluding hydrogens is 335 g/mol.